The maximum absolute atomic E-state index is 11.9. The fourth-order valence-corrected chi connectivity index (χ4v) is 2.42. The highest BCUT2D eigenvalue weighted by atomic mass is 16.5. The van der Waals surface area contributed by atoms with Crippen molar-refractivity contribution < 1.29 is 9.53 Å². The Morgan fingerprint density at radius 2 is 1.95 bits per heavy atom. The highest BCUT2D eigenvalue weighted by Gasteiger charge is 2.23. The first-order valence-corrected chi connectivity index (χ1v) is 7.34. The normalized spacial score (nSPS) is 16.2. The van der Waals surface area contributed by atoms with Crippen molar-refractivity contribution in [1.29, 1.82) is 0 Å². The van der Waals surface area contributed by atoms with E-state index in [0.717, 1.165) is 38.2 Å². The second kappa shape index (κ2) is 7.29. The van der Waals surface area contributed by atoms with Crippen molar-refractivity contribution in [3.05, 3.63) is 29.8 Å². The maximum Gasteiger partial charge on any atom is 0.223 e. The number of hydrogen-bond acceptors (Lipinski definition) is 3. The van der Waals surface area contributed by atoms with E-state index in [1.807, 2.05) is 24.1 Å². The minimum absolute atomic E-state index is 0.228. The van der Waals surface area contributed by atoms with Crippen molar-refractivity contribution in [3.63, 3.8) is 0 Å². The maximum atomic E-state index is 11.9. The van der Waals surface area contributed by atoms with Crippen LogP contribution in [0.25, 0.3) is 0 Å². The van der Waals surface area contributed by atoms with Crippen LogP contribution in [0.15, 0.2) is 24.3 Å². The van der Waals surface area contributed by atoms with Crippen LogP contribution in [-0.4, -0.2) is 43.6 Å². The molecule has 110 valence electrons. The molecule has 1 fully saturated rings. The van der Waals surface area contributed by atoms with E-state index in [-0.39, 0.29) is 12.0 Å². The highest BCUT2D eigenvalue weighted by Crippen LogP contribution is 2.19. The smallest absolute Gasteiger partial charge is 0.223 e. The zero-order chi connectivity index (χ0) is 14.4. The Labute approximate surface area is 121 Å². The average Bonchev–Trinajstić information content (AvgIpc) is 2.48. The SMILES string of the molecule is CNCCC(=O)N1CCC(Oc2ccc(C)cc2)CC1. The van der Waals surface area contributed by atoms with E-state index >= 15 is 0 Å². The molecule has 1 aliphatic heterocycles. The van der Waals surface area contributed by atoms with E-state index in [0.29, 0.717) is 6.42 Å². The van der Waals surface area contributed by atoms with E-state index in [9.17, 15) is 4.79 Å². The molecule has 0 bridgehead atoms. The summed E-state index contributed by atoms with van der Waals surface area (Å²) >= 11 is 0. The molecule has 0 radical (unpaired) electrons. The molecule has 0 saturated carbocycles. The lowest BCUT2D eigenvalue weighted by atomic mass is 10.1. The molecule has 0 atom stereocenters. The number of nitrogens with one attached hydrogen (secondary N) is 1. The summed E-state index contributed by atoms with van der Waals surface area (Å²) in [5, 5.41) is 3.01. The Bertz CT molecular complexity index is 423. The minimum atomic E-state index is 0.228. The fourth-order valence-electron chi connectivity index (χ4n) is 2.42. The molecular formula is C16H24N2O2. The van der Waals surface area contributed by atoms with E-state index in [1.165, 1.54) is 5.56 Å². The molecule has 2 rings (SSSR count). The van der Waals surface area contributed by atoms with Crippen molar-refractivity contribution in [2.24, 2.45) is 0 Å². The molecule has 4 nitrogen and oxygen atoms in total. The quantitative estimate of drug-likeness (QED) is 0.894. The molecule has 20 heavy (non-hydrogen) atoms. The van der Waals surface area contributed by atoms with Crippen LogP contribution in [0.4, 0.5) is 0 Å². The number of rotatable bonds is 5. The zero-order valence-corrected chi connectivity index (χ0v) is 12.4. The lowest BCUT2D eigenvalue weighted by molar-refractivity contribution is -0.132. The Morgan fingerprint density at radius 1 is 1.30 bits per heavy atom. The van der Waals surface area contributed by atoms with Gasteiger partial charge in [0, 0.05) is 38.9 Å². The molecule has 1 heterocycles. The number of carbonyl (C=O) groups excluding carboxylic acids is 1. The summed E-state index contributed by atoms with van der Waals surface area (Å²) in [6, 6.07) is 8.15. The lowest BCUT2D eigenvalue weighted by Gasteiger charge is -2.32. The number of nitrogens with zero attached hydrogens (tertiary/aromatic N) is 1. The highest BCUT2D eigenvalue weighted by molar-refractivity contribution is 5.76. The van der Waals surface area contributed by atoms with Crippen molar-refractivity contribution in [1.82, 2.24) is 10.2 Å². The number of amides is 1. The zero-order valence-electron chi connectivity index (χ0n) is 12.4. The molecule has 0 spiro atoms. The van der Waals surface area contributed by atoms with Crippen LogP contribution in [0, 0.1) is 6.92 Å². The van der Waals surface area contributed by atoms with Gasteiger partial charge in [0.1, 0.15) is 11.9 Å². The molecule has 1 amide bonds. The standard InChI is InChI=1S/C16H24N2O2/c1-13-3-5-14(6-4-13)20-15-8-11-18(12-9-15)16(19)7-10-17-2/h3-6,15,17H,7-12H2,1-2H3. The predicted octanol–water partition coefficient (Wildman–Crippen LogP) is 1.97. The van der Waals surface area contributed by atoms with Gasteiger partial charge in [-0.15, -0.1) is 0 Å². The summed E-state index contributed by atoms with van der Waals surface area (Å²) in [6.07, 6.45) is 2.64. The van der Waals surface area contributed by atoms with Crippen LogP contribution in [0.2, 0.25) is 0 Å². The number of ether oxygens (including phenoxy) is 1. The largest absolute Gasteiger partial charge is 0.490 e. The minimum Gasteiger partial charge on any atom is -0.490 e. The molecule has 4 heteroatoms. The van der Waals surface area contributed by atoms with Gasteiger partial charge >= 0.3 is 0 Å². The number of hydrogen-bond donors (Lipinski definition) is 1. The summed E-state index contributed by atoms with van der Waals surface area (Å²) in [6.45, 7) is 4.43. The first-order chi connectivity index (χ1) is 9.69. The molecule has 0 aromatic heterocycles. The third-order valence-corrected chi connectivity index (χ3v) is 3.71. The van der Waals surface area contributed by atoms with Crippen LogP contribution >= 0.6 is 0 Å². The van der Waals surface area contributed by atoms with Crippen LogP contribution in [0.1, 0.15) is 24.8 Å². The third kappa shape index (κ3) is 4.23. The first-order valence-electron chi connectivity index (χ1n) is 7.34. The van der Waals surface area contributed by atoms with Gasteiger partial charge in [-0.1, -0.05) is 17.7 Å². The second-order valence-corrected chi connectivity index (χ2v) is 5.36. The van der Waals surface area contributed by atoms with Crippen molar-refractivity contribution >= 4 is 5.91 Å². The second-order valence-electron chi connectivity index (χ2n) is 5.36. The number of benzene rings is 1. The van der Waals surface area contributed by atoms with Gasteiger partial charge in [0.25, 0.3) is 0 Å². The summed E-state index contributed by atoms with van der Waals surface area (Å²) in [5.41, 5.74) is 1.24. The monoisotopic (exact) mass is 276 g/mol. The van der Waals surface area contributed by atoms with Crippen LogP contribution in [-0.2, 0) is 4.79 Å². The van der Waals surface area contributed by atoms with Gasteiger partial charge < -0.3 is 15.0 Å². The van der Waals surface area contributed by atoms with Gasteiger partial charge in [-0.2, -0.15) is 0 Å². The van der Waals surface area contributed by atoms with E-state index < -0.39 is 0 Å². The predicted molar refractivity (Wildman–Crippen MR) is 80.0 cm³/mol. The van der Waals surface area contributed by atoms with Gasteiger partial charge in [-0.25, -0.2) is 0 Å². The van der Waals surface area contributed by atoms with Gasteiger partial charge in [-0.3, -0.25) is 4.79 Å². The van der Waals surface area contributed by atoms with Gasteiger partial charge in [0.2, 0.25) is 5.91 Å². The fraction of sp³-hybridized carbons (Fsp3) is 0.562. The third-order valence-electron chi connectivity index (χ3n) is 3.71. The Balaban J connectivity index is 1.76. The van der Waals surface area contributed by atoms with Gasteiger partial charge in [0.05, 0.1) is 0 Å². The van der Waals surface area contributed by atoms with Crippen LogP contribution in [0.3, 0.4) is 0 Å². The lowest BCUT2D eigenvalue weighted by Crippen LogP contribution is -2.42. The van der Waals surface area contributed by atoms with E-state index in [2.05, 4.69) is 24.4 Å². The van der Waals surface area contributed by atoms with E-state index in [4.69, 9.17) is 4.74 Å². The summed E-state index contributed by atoms with van der Waals surface area (Å²) < 4.78 is 5.97. The van der Waals surface area contributed by atoms with Crippen molar-refractivity contribution in [2.45, 2.75) is 32.3 Å². The molecule has 1 N–H and O–H groups in total. The van der Waals surface area contributed by atoms with Gasteiger partial charge in [0.15, 0.2) is 0 Å². The number of likely N-dealkylation sites (tertiary alicyclic amines) is 1. The molecule has 1 saturated heterocycles. The van der Waals surface area contributed by atoms with E-state index in [1.54, 1.807) is 0 Å². The van der Waals surface area contributed by atoms with Crippen molar-refractivity contribution in [2.75, 3.05) is 26.7 Å². The molecule has 1 aromatic carbocycles. The van der Waals surface area contributed by atoms with Crippen molar-refractivity contribution in [3.8, 4) is 5.75 Å². The number of aryl methyl sites for hydroxylation is 1. The van der Waals surface area contributed by atoms with Crippen LogP contribution in [0.5, 0.6) is 5.75 Å². The summed E-state index contributed by atoms with van der Waals surface area (Å²) in [4.78, 5) is 13.9. The molecule has 1 aromatic rings. The van der Waals surface area contributed by atoms with Gasteiger partial charge in [-0.05, 0) is 26.1 Å². The Kier molecular flexibility index (Phi) is 5.41. The molecule has 0 aliphatic carbocycles. The average molecular weight is 276 g/mol. The molecule has 0 unspecified atom stereocenters. The first kappa shape index (κ1) is 14.9. The Hall–Kier alpha value is -1.55. The summed E-state index contributed by atoms with van der Waals surface area (Å²) in [7, 11) is 1.87. The topological polar surface area (TPSA) is 41.6 Å². The molecular weight excluding hydrogens is 252 g/mol. The Morgan fingerprint density at radius 3 is 2.55 bits per heavy atom. The molecule has 1 aliphatic rings. The van der Waals surface area contributed by atoms with Crippen LogP contribution < -0.4 is 10.1 Å². The summed E-state index contributed by atoms with van der Waals surface area (Å²) in [5.74, 6) is 1.17. The number of piperidine rings is 1. The number of carbonyl (C=O) groups is 1.